The summed E-state index contributed by atoms with van der Waals surface area (Å²) in [7, 11) is 0. The van der Waals surface area contributed by atoms with Gasteiger partial charge in [-0.15, -0.1) is 0 Å². The molecular formula is C11H15N2NaO4. The first-order chi connectivity index (χ1) is 7.79. The molecule has 0 bridgehead atoms. The van der Waals surface area contributed by atoms with Gasteiger partial charge in [0.05, 0.1) is 5.97 Å². The van der Waals surface area contributed by atoms with E-state index in [9.17, 15) is 14.7 Å². The number of carboxylic acid groups (broad SMARTS) is 1. The fraction of sp³-hybridized carbons (Fsp3) is 0.636. The Balaban J connectivity index is 0.00000162. The first-order valence-electron chi connectivity index (χ1n) is 5.45. The van der Waals surface area contributed by atoms with Crippen molar-refractivity contribution in [3.63, 3.8) is 0 Å². The van der Waals surface area contributed by atoms with Crippen molar-refractivity contribution in [1.82, 2.24) is 4.90 Å². The average Bonchev–Trinajstić information content (AvgIpc) is 2.53. The smallest absolute Gasteiger partial charge is 0.543 e. The van der Waals surface area contributed by atoms with Crippen LogP contribution in [-0.2, 0) is 14.3 Å². The number of nitrogens with zero attached hydrogens (tertiary/aromatic N) is 1. The summed E-state index contributed by atoms with van der Waals surface area (Å²) in [6.45, 7) is 5.61. The molecule has 2 aliphatic rings. The molecule has 7 heteroatoms. The Morgan fingerprint density at radius 1 is 1.50 bits per heavy atom. The van der Waals surface area contributed by atoms with Crippen molar-refractivity contribution < 1.29 is 49.0 Å². The quantitative estimate of drug-likeness (QED) is 0.402. The number of β-lactam (4-membered cyclic amide) rings is 1. The Labute approximate surface area is 127 Å². The van der Waals surface area contributed by atoms with Crippen molar-refractivity contribution in [3.05, 3.63) is 11.5 Å². The number of fused-ring (bicyclic) bond motifs is 1. The van der Waals surface area contributed by atoms with Crippen LogP contribution >= 0.6 is 0 Å². The minimum Gasteiger partial charge on any atom is -0.543 e. The third-order valence-corrected chi connectivity index (χ3v) is 2.98. The van der Waals surface area contributed by atoms with E-state index in [1.165, 1.54) is 0 Å². The largest absolute Gasteiger partial charge is 1.00 e. The van der Waals surface area contributed by atoms with Crippen LogP contribution in [0.5, 0.6) is 0 Å². The molecule has 2 aliphatic heterocycles. The van der Waals surface area contributed by atoms with Gasteiger partial charge in [0.1, 0.15) is 17.4 Å². The number of carboxylic acids is 1. The van der Waals surface area contributed by atoms with E-state index in [0.29, 0.717) is 0 Å². The van der Waals surface area contributed by atoms with Crippen molar-refractivity contribution in [3.8, 4) is 0 Å². The summed E-state index contributed by atoms with van der Waals surface area (Å²) in [5, 5.41) is 11.1. The van der Waals surface area contributed by atoms with E-state index < -0.39 is 23.5 Å². The third kappa shape index (κ3) is 2.07. The van der Waals surface area contributed by atoms with Gasteiger partial charge in [-0.25, -0.2) is 0 Å². The van der Waals surface area contributed by atoms with Gasteiger partial charge in [-0.05, 0) is 0 Å². The molecule has 2 rings (SSSR count). The second kappa shape index (κ2) is 4.85. The van der Waals surface area contributed by atoms with Gasteiger partial charge in [0.15, 0.2) is 6.23 Å². The van der Waals surface area contributed by atoms with Crippen molar-refractivity contribution in [2.75, 3.05) is 6.54 Å². The summed E-state index contributed by atoms with van der Waals surface area (Å²) in [4.78, 5) is 23.9. The van der Waals surface area contributed by atoms with Crippen LogP contribution in [0.2, 0.25) is 0 Å². The second-order valence-corrected chi connectivity index (χ2v) is 5.27. The van der Waals surface area contributed by atoms with E-state index >= 15 is 0 Å². The summed E-state index contributed by atoms with van der Waals surface area (Å²) in [5.74, 6) is -1.87. The monoisotopic (exact) mass is 262 g/mol. The maximum Gasteiger partial charge on any atom is 1.00 e. The molecule has 0 aliphatic carbocycles. The first-order valence-corrected chi connectivity index (χ1v) is 5.45. The number of hydrogen-bond acceptors (Lipinski definition) is 5. The molecule has 1 amide bonds. The van der Waals surface area contributed by atoms with Crippen LogP contribution in [0.25, 0.3) is 0 Å². The standard InChI is InChI=1S/C11H16N2O4.Na/c1-11(2,3)7-6(10(15)16)13-8(14)5(4-12)9(13)17-7;/h5,9H,4,12H2,1-3H3,(H,15,16);/q;+1/p-1/t5-,9+;/m0./s1. The normalized spacial score (nSPS) is 26.2. The number of carbonyl (C=O) groups is 2. The Bertz CT molecular complexity index is 427. The molecule has 0 saturated carbocycles. The van der Waals surface area contributed by atoms with Crippen LogP contribution in [0.4, 0.5) is 0 Å². The summed E-state index contributed by atoms with van der Waals surface area (Å²) < 4.78 is 5.56. The molecule has 6 nitrogen and oxygen atoms in total. The van der Waals surface area contributed by atoms with Crippen molar-refractivity contribution in [2.45, 2.75) is 27.0 Å². The summed E-state index contributed by atoms with van der Waals surface area (Å²) in [6, 6.07) is 0. The van der Waals surface area contributed by atoms with Gasteiger partial charge in [-0.3, -0.25) is 9.69 Å². The number of nitrogens with two attached hydrogens (primary N) is 1. The molecule has 94 valence electrons. The Hall–Kier alpha value is -0.560. The SMILES string of the molecule is CC(C)(C)C1=C(C(=O)[O-])N2C(=O)[C@H](CN)[C@H]2O1.[Na+]. The molecule has 0 aromatic carbocycles. The molecule has 2 heterocycles. The molecule has 0 unspecified atom stereocenters. The topological polar surface area (TPSA) is 95.7 Å². The van der Waals surface area contributed by atoms with Crippen molar-refractivity contribution in [1.29, 1.82) is 0 Å². The molecule has 1 saturated heterocycles. The molecule has 0 aromatic rings. The van der Waals surface area contributed by atoms with Gasteiger partial charge in [-0.1, -0.05) is 20.8 Å². The van der Waals surface area contributed by atoms with Crippen LogP contribution in [-0.4, -0.2) is 29.5 Å². The Morgan fingerprint density at radius 3 is 2.44 bits per heavy atom. The number of allylic oxidation sites excluding steroid dienone is 1. The van der Waals surface area contributed by atoms with Gasteiger partial charge in [0, 0.05) is 12.0 Å². The van der Waals surface area contributed by atoms with Gasteiger partial charge in [0.2, 0.25) is 5.91 Å². The molecule has 2 N–H and O–H groups in total. The number of ether oxygens (including phenoxy) is 1. The van der Waals surface area contributed by atoms with E-state index in [0.717, 1.165) is 4.90 Å². The van der Waals surface area contributed by atoms with Gasteiger partial charge in [-0.2, -0.15) is 0 Å². The van der Waals surface area contributed by atoms with Crippen LogP contribution < -0.4 is 40.4 Å². The number of carbonyl (C=O) groups excluding carboxylic acids is 2. The summed E-state index contributed by atoms with van der Waals surface area (Å²) in [6.07, 6.45) is -0.574. The minimum atomic E-state index is -1.39. The maximum absolute atomic E-state index is 11.7. The fourth-order valence-electron chi connectivity index (χ4n) is 2.12. The summed E-state index contributed by atoms with van der Waals surface area (Å²) >= 11 is 0. The first kappa shape index (κ1) is 15.5. The third-order valence-electron chi connectivity index (χ3n) is 2.98. The predicted octanol–water partition coefficient (Wildman–Crippen LogP) is -4.23. The summed E-state index contributed by atoms with van der Waals surface area (Å²) in [5.41, 5.74) is 4.80. The van der Waals surface area contributed by atoms with Crippen molar-refractivity contribution in [2.24, 2.45) is 17.1 Å². The van der Waals surface area contributed by atoms with E-state index in [2.05, 4.69) is 0 Å². The number of hydrogen-bond donors (Lipinski definition) is 1. The number of rotatable bonds is 2. The molecule has 0 radical (unpaired) electrons. The molecule has 0 spiro atoms. The zero-order chi connectivity index (χ0) is 13.0. The molecule has 1 fully saturated rings. The molecule has 2 atom stereocenters. The second-order valence-electron chi connectivity index (χ2n) is 5.27. The van der Waals surface area contributed by atoms with E-state index in [1.54, 1.807) is 0 Å². The molecular weight excluding hydrogens is 247 g/mol. The number of aliphatic carboxylic acids is 1. The van der Waals surface area contributed by atoms with Crippen LogP contribution in [0.1, 0.15) is 20.8 Å². The van der Waals surface area contributed by atoms with Crippen LogP contribution in [0.3, 0.4) is 0 Å². The van der Waals surface area contributed by atoms with Crippen LogP contribution in [0, 0.1) is 11.3 Å². The Morgan fingerprint density at radius 2 is 2.06 bits per heavy atom. The zero-order valence-corrected chi connectivity index (χ0v) is 13.0. The molecule has 0 aromatic heterocycles. The van der Waals surface area contributed by atoms with E-state index in [1.807, 2.05) is 20.8 Å². The zero-order valence-electron chi connectivity index (χ0n) is 11.0. The van der Waals surface area contributed by atoms with Gasteiger partial charge >= 0.3 is 29.6 Å². The van der Waals surface area contributed by atoms with E-state index in [4.69, 9.17) is 10.5 Å². The van der Waals surface area contributed by atoms with E-state index in [-0.39, 0.29) is 53.5 Å². The van der Waals surface area contributed by atoms with Gasteiger partial charge in [0.25, 0.3) is 0 Å². The fourth-order valence-corrected chi connectivity index (χ4v) is 2.12. The maximum atomic E-state index is 11.7. The average molecular weight is 262 g/mol. The number of amides is 1. The van der Waals surface area contributed by atoms with Gasteiger partial charge < -0.3 is 20.4 Å². The minimum absolute atomic E-state index is 0. The van der Waals surface area contributed by atoms with Crippen LogP contribution in [0.15, 0.2) is 11.5 Å². The predicted molar refractivity (Wildman–Crippen MR) is 55.8 cm³/mol. The molecule has 18 heavy (non-hydrogen) atoms. The van der Waals surface area contributed by atoms with Crippen molar-refractivity contribution >= 4 is 11.9 Å². The Kier molecular flexibility index (Phi) is 4.17.